The van der Waals surface area contributed by atoms with Crippen molar-refractivity contribution in [1.82, 2.24) is 29.3 Å². The molecule has 3 aromatic heterocycles. The Morgan fingerprint density at radius 2 is 1.97 bits per heavy atom. The van der Waals surface area contributed by atoms with E-state index in [2.05, 4.69) is 27.8 Å². The van der Waals surface area contributed by atoms with Crippen LogP contribution in [0.5, 0.6) is 11.6 Å². The van der Waals surface area contributed by atoms with Gasteiger partial charge in [0.05, 0.1) is 31.8 Å². The third-order valence-electron chi connectivity index (χ3n) is 6.73. The lowest BCUT2D eigenvalue weighted by atomic mass is 9.89. The summed E-state index contributed by atoms with van der Waals surface area (Å²) in [5, 5.41) is 4.83. The summed E-state index contributed by atoms with van der Waals surface area (Å²) in [5.74, 6) is 2.84. The summed E-state index contributed by atoms with van der Waals surface area (Å²) in [7, 11) is 3.28. The van der Waals surface area contributed by atoms with Crippen molar-refractivity contribution in [3.63, 3.8) is 0 Å². The van der Waals surface area contributed by atoms with Crippen LogP contribution in [-0.2, 0) is 6.54 Å². The largest absolute Gasteiger partial charge is 0.496 e. The minimum atomic E-state index is 0.0854. The van der Waals surface area contributed by atoms with Crippen molar-refractivity contribution < 1.29 is 9.47 Å². The molecule has 1 atom stereocenters. The fourth-order valence-corrected chi connectivity index (χ4v) is 4.89. The lowest BCUT2D eigenvalue weighted by Crippen LogP contribution is -2.18. The van der Waals surface area contributed by atoms with Crippen LogP contribution in [0.1, 0.15) is 41.4 Å². The van der Waals surface area contributed by atoms with Gasteiger partial charge in [-0.15, -0.1) is 5.10 Å². The molecule has 2 aliphatic heterocycles. The zero-order valence-electron chi connectivity index (χ0n) is 21.5. The van der Waals surface area contributed by atoms with E-state index in [9.17, 15) is 0 Å². The third kappa shape index (κ3) is 4.33. The molecule has 9 heteroatoms. The second-order valence-electron chi connectivity index (χ2n) is 9.14. The summed E-state index contributed by atoms with van der Waals surface area (Å²) in [5.41, 5.74) is 8.40. The summed E-state index contributed by atoms with van der Waals surface area (Å²) in [6.45, 7) is 2.76. The maximum Gasteiger partial charge on any atom is 0.238 e. The molecular formula is C29H27N7O2. The van der Waals surface area contributed by atoms with Gasteiger partial charge in [0.2, 0.25) is 5.88 Å². The molecule has 38 heavy (non-hydrogen) atoms. The van der Waals surface area contributed by atoms with E-state index < -0.39 is 0 Å². The van der Waals surface area contributed by atoms with Crippen LogP contribution in [0.4, 0.5) is 0 Å². The highest BCUT2D eigenvalue weighted by Crippen LogP contribution is 2.37. The van der Waals surface area contributed by atoms with E-state index in [4.69, 9.17) is 24.5 Å². The molecular weight excluding hydrogens is 478 g/mol. The Morgan fingerprint density at radius 1 is 1.05 bits per heavy atom. The number of hydrogen-bond acceptors (Lipinski definition) is 7. The van der Waals surface area contributed by atoms with E-state index >= 15 is 0 Å². The molecule has 190 valence electrons. The molecule has 4 aromatic rings. The van der Waals surface area contributed by atoms with Gasteiger partial charge in [-0.25, -0.2) is 24.6 Å². The molecule has 0 amide bonds. The van der Waals surface area contributed by atoms with Crippen molar-refractivity contribution in [3.8, 4) is 28.8 Å². The van der Waals surface area contributed by atoms with Crippen molar-refractivity contribution >= 4 is 11.9 Å². The van der Waals surface area contributed by atoms with Gasteiger partial charge in [-0.2, -0.15) is 0 Å². The van der Waals surface area contributed by atoms with Crippen LogP contribution in [0.25, 0.3) is 22.9 Å². The Kier molecular flexibility index (Phi) is 6.19. The normalized spacial score (nSPS) is 16.2. The highest BCUT2D eigenvalue weighted by molar-refractivity contribution is 5.83. The molecule has 9 nitrogen and oxygen atoms in total. The quantitative estimate of drug-likeness (QED) is 0.346. The number of allylic oxidation sites excluding steroid dienone is 3. The number of aromatic nitrogens is 6. The maximum absolute atomic E-state index is 5.65. The first-order chi connectivity index (χ1) is 18.6. The van der Waals surface area contributed by atoms with E-state index in [-0.39, 0.29) is 5.92 Å². The number of aryl methyl sites for hydroxylation is 2. The number of pyridine rings is 1. The average molecular weight is 506 g/mol. The monoisotopic (exact) mass is 505 g/mol. The van der Waals surface area contributed by atoms with Gasteiger partial charge in [-0.1, -0.05) is 17.9 Å². The van der Waals surface area contributed by atoms with E-state index in [1.807, 2.05) is 58.8 Å². The number of benzene rings is 1. The standard InChI is InChI=1S/C29H27N7O2/c1-19-17-35(18-31-19)25-12-11-24(32-29(25)38-3)27-33-28-21(8-7-15-36(28)34-27)20-10-13-26(37-2)22(16-20)23-9-5-4-6-14-30-23/h4-6,10-14,16-18,21H,7-8,15H2,1-3H3/t21-/m0/s1. The Morgan fingerprint density at radius 3 is 2.79 bits per heavy atom. The number of hydrogen-bond donors (Lipinski definition) is 0. The molecule has 6 rings (SSSR count). The zero-order chi connectivity index (χ0) is 26.1. The zero-order valence-corrected chi connectivity index (χ0v) is 21.5. The first-order valence-electron chi connectivity index (χ1n) is 12.5. The molecule has 0 bridgehead atoms. The van der Waals surface area contributed by atoms with Crippen LogP contribution in [0.2, 0.25) is 0 Å². The van der Waals surface area contributed by atoms with Crippen LogP contribution >= 0.6 is 0 Å². The molecule has 0 saturated heterocycles. The number of rotatable bonds is 6. The average Bonchev–Trinajstić information content (AvgIpc) is 3.49. The second-order valence-corrected chi connectivity index (χ2v) is 9.14. The Bertz CT molecular complexity index is 1640. The summed E-state index contributed by atoms with van der Waals surface area (Å²) < 4.78 is 15.2. The molecule has 2 aliphatic rings. The van der Waals surface area contributed by atoms with Crippen LogP contribution in [0, 0.1) is 6.92 Å². The van der Waals surface area contributed by atoms with Gasteiger partial charge in [0.15, 0.2) is 5.82 Å². The van der Waals surface area contributed by atoms with Gasteiger partial charge in [0, 0.05) is 24.9 Å². The number of methoxy groups -OCH3 is 2. The first-order valence-corrected chi connectivity index (χ1v) is 12.5. The molecule has 0 radical (unpaired) electrons. The SMILES string of the molecule is COc1ccc([C@@H]2CCCn3nc(-c4ccc(-n5cnc(C)c5)c(OC)n4)nc32)cc1C1=C=CC=CC=N1. The van der Waals surface area contributed by atoms with E-state index in [0.717, 1.165) is 59.2 Å². The molecule has 0 unspecified atom stereocenters. The summed E-state index contributed by atoms with van der Waals surface area (Å²) in [6, 6.07) is 10.1. The summed E-state index contributed by atoms with van der Waals surface area (Å²) >= 11 is 0. The second kappa shape index (κ2) is 9.95. The smallest absolute Gasteiger partial charge is 0.238 e. The number of nitrogens with zero attached hydrogens (tertiary/aromatic N) is 7. The minimum absolute atomic E-state index is 0.0854. The van der Waals surface area contributed by atoms with Crippen molar-refractivity contribution in [3.05, 3.63) is 89.5 Å². The van der Waals surface area contributed by atoms with Crippen LogP contribution in [0.15, 0.2) is 71.8 Å². The van der Waals surface area contributed by atoms with E-state index in [1.54, 1.807) is 26.8 Å². The van der Waals surface area contributed by atoms with Crippen LogP contribution in [-0.4, -0.2) is 49.7 Å². The van der Waals surface area contributed by atoms with E-state index in [1.165, 1.54) is 0 Å². The van der Waals surface area contributed by atoms with Crippen molar-refractivity contribution in [2.75, 3.05) is 14.2 Å². The number of aliphatic imine (C=N–C) groups is 1. The van der Waals surface area contributed by atoms with Gasteiger partial charge >= 0.3 is 0 Å². The van der Waals surface area contributed by atoms with E-state index in [0.29, 0.717) is 17.4 Å². The fraction of sp³-hybridized carbons (Fsp3) is 0.241. The highest BCUT2D eigenvalue weighted by atomic mass is 16.5. The lowest BCUT2D eigenvalue weighted by Gasteiger charge is -2.23. The predicted molar refractivity (Wildman–Crippen MR) is 145 cm³/mol. The molecule has 5 heterocycles. The number of ether oxygens (including phenoxy) is 2. The molecule has 0 aliphatic carbocycles. The Hall–Kier alpha value is -4.75. The van der Waals surface area contributed by atoms with Gasteiger partial charge < -0.3 is 14.0 Å². The molecule has 0 spiro atoms. The summed E-state index contributed by atoms with van der Waals surface area (Å²) in [4.78, 5) is 18.6. The number of imidazole rings is 1. The first kappa shape index (κ1) is 23.6. The Labute approximate surface area is 220 Å². The van der Waals surface area contributed by atoms with Gasteiger partial charge in [-0.05, 0) is 61.7 Å². The van der Waals surface area contributed by atoms with Gasteiger partial charge in [-0.3, -0.25) is 0 Å². The van der Waals surface area contributed by atoms with Gasteiger partial charge in [0.1, 0.15) is 28.7 Å². The molecule has 0 saturated carbocycles. The molecule has 1 aromatic carbocycles. The fourth-order valence-electron chi connectivity index (χ4n) is 4.89. The van der Waals surface area contributed by atoms with Crippen LogP contribution < -0.4 is 9.47 Å². The highest BCUT2D eigenvalue weighted by Gasteiger charge is 2.28. The minimum Gasteiger partial charge on any atom is -0.496 e. The van der Waals surface area contributed by atoms with Crippen molar-refractivity contribution in [2.45, 2.75) is 32.2 Å². The van der Waals surface area contributed by atoms with Crippen molar-refractivity contribution in [1.29, 1.82) is 0 Å². The predicted octanol–water partition coefficient (Wildman–Crippen LogP) is 4.91. The third-order valence-corrected chi connectivity index (χ3v) is 6.73. The Balaban J connectivity index is 1.37. The molecule has 0 fully saturated rings. The number of fused-ring (bicyclic) bond motifs is 1. The maximum atomic E-state index is 5.65. The van der Waals surface area contributed by atoms with Crippen LogP contribution in [0.3, 0.4) is 0 Å². The van der Waals surface area contributed by atoms with Crippen molar-refractivity contribution in [2.24, 2.45) is 4.99 Å². The molecule has 0 N–H and O–H groups in total. The lowest BCUT2D eigenvalue weighted by molar-refractivity contribution is 0.396. The van der Waals surface area contributed by atoms with Gasteiger partial charge in [0.25, 0.3) is 0 Å². The topological polar surface area (TPSA) is 92.2 Å². The summed E-state index contributed by atoms with van der Waals surface area (Å²) in [6.07, 6.45) is 13.1.